The molecule has 0 aliphatic carbocycles. The van der Waals surface area contributed by atoms with Gasteiger partial charge in [-0.15, -0.1) is 0 Å². The van der Waals surface area contributed by atoms with Gasteiger partial charge in [-0.05, 0) is 38.0 Å². The Morgan fingerprint density at radius 2 is 1.85 bits per heavy atom. The molecule has 16 heteroatoms. The van der Waals surface area contributed by atoms with E-state index < -0.39 is 42.1 Å². The van der Waals surface area contributed by atoms with Gasteiger partial charge < -0.3 is 11.1 Å². The fourth-order valence-electron chi connectivity index (χ4n) is 4.35. The number of fused-ring (bicyclic) bond motifs is 2. The van der Waals surface area contributed by atoms with E-state index in [0.717, 1.165) is 10.6 Å². The van der Waals surface area contributed by atoms with Crippen molar-refractivity contribution in [3.63, 3.8) is 0 Å². The maximum atomic E-state index is 14.2. The number of benzene rings is 1. The van der Waals surface area contributed by atoms with Crippen LogP contribution in [0, 0.1) is 12.7 Å². The summed E-state index contributed by atoms with van der Waals surface area (Å²) in [6.07, 6.45) is -6.81. The molecular formula is C23H17ClF6N8O. The van der Waals surface area contributed by atoms with Gasteiger partial charge in [0.2, 0.25) is 5.91 Å². The smallest absolute Gasteiger partial charge is 0.383 e. The molecule has 9 nitrogen and oxygen atoms in total. The summed E-state index contributed by atoms with van der Waals surface area (Å²) in [5, 5.41) is 6.52. The first-order valence-corrected chi connectivity index (χ1v) is 11.6. The summed E-state index contributed by atoms with van der Waals surface area (Å²) < 4.78 is 80.8. The van der Waals surface area contributed by atoms with E-state index in [0.29, 0.717) is 0 Å². The van der Waals surface area contributed by atoms with Crippen LogP contribution >= 0.6 is 11.6 Å². The molecule has 0 bridgehead atoms. The maximum Gasteiger partial charge on any atom is 0.453 e. The fourth-order valence-corrected chi connectivity index (χ4v) is 4.47. The standard InChI is InChI=1S/C23H17ClF6N8O/c1-9-32-19-13(5-6-22(26,27)23(28,29)30)33-14(8-38(19)37-9)17-34-16(31)15-18(35-17)36-20(39)21(15,2)10-3-4-11(24)12(25)7-10/h3-4,7-8H,5-6H2,1-2H3,(H3,31,34,35,36,39). The van der Waals surface area contributed by atoms with Crippen molar-refractivity contribution < 1.29 is 31.1 Å². The van der Waals surface area contributed by atoms with Crippen LogP contribution in [0.2, 0.25) is 5.02 Å². The van der Waals surface area contributed by atoms with E-state index in [9.17, 15) is 31.1 Å². The Labute approximate surface area is 220 Å². The summed E-state index contributed by atoms with van der Waals surface area (Å²) in [4.78, 5) is 29.8. The van der Waals surface area contributed by atoms with Crippen molar-refractivity contribution in [2.75, 3.05) is 11.1 Å². The topological polar surface area (TPSA) is 124 Å². The Bertz CT molecular complexity index is 1660. The lowest BCUT2D eigenvalue weighted by Crippen LogP contribution is -2.36. The number of nitrogens with one attached hydrogen (secondary N) is 1. The Morgan fingerprint density at radius 1 is 1.13 bits per heavy atom. The van der Waals surface area contributed by atoms with E-state index in [1.54, 1.807) is 0 Å². The van der Waals surface area contributed by atoms with Gasteiger partial charge in [-0.2, -0.15) is 27.1 Å². The first kappa shape index (κ1) is 26.6. The zero-order valence-electron chi connectivity index (χ0n) is 20.0. The normalized spacial score (nSPS) is 17.5. The third-order valence-electron chi connectivity index (χ3n) is 6.43. The van der Waals surface area contributed by atoms with Gasteiger partial charge >= 0.3 is 12.1 Å². The molecule has 0 radical (unpaired) electrons. The minimum atomic E-state index is -5.74. The second-order valence-electron chi connectivity index (χ2n) is 9.07. The number of nitrogens with zero attached hydrogens (tertiary/aromatic N) is 6. The van der Waals surface area contributed by atoms with Gasteiger partial charge in [-0.3, -0.25) is 4.79 Å². The zero-order chi connectivity index (χ0) is 28.5. The van der Waals surface area contributed by atoms with Gasteiger partial charge in [0.05, 0.1) is 22.5 Å². The summed E-state index contributed by atoms with van der Waals surface area (Å²) >= 11 is 5.77. The lowest BCUT2D eigenvalue weighted by molar-refractivity contribution is -0.284. The van der Waals surface area contributed by atoms with Crippen LogP contribution in [0.3, 0.4) is 0 Å². The lowest BCUT2D eigenvalue weighted by Gasteiger charge is -2.23. The van der Waals surface area contributed by atoms with E-state index in [1.165, 1.54) is 32.2 Å². The molecule has 4 heterocycles. The minimum absolute atomic E-state index is 0.0119. The average molecular weight is 571 g/mol. The molecule has 0 spiro atoms. The van der Waals surface area contributed by atoms with Gasteiger partial charge in [0, 0.05) is 6.42 Å². The molecule has 39 heavy (non-hydrogen) atoms. The Hall–Kier alpha value is -4.01. The van der Waals surface area contributed by atoms with Crippen LogP contribution < -0.4 is 11.1 Å². The highest BCUT2D eigenvalue weighted by atomic mass is 35.5. The SMILES string of the molecule is Cc1nc2c(CCC(F)(F)C(F)(F)F)nc(-c3nc(N)c4c(n3)NC(=O)C4(C)c3ccc(Cl)c(F)c3)cn2n1. The molecule has 204 valence electrons. The van der Waals surface area contributed by atoms with Crippen molar-refractivity contribution in [3.8, 4) is 11.5 Å². The van der Waals surface area contributed by atoms with Crippen molar-refractivity contribution >= 4 is 34.8 Å². The molecule has 1 aromatic carbocycles. The Morgan fingerprint density at radius 3 is 2.51 bits per heavy atom. The molecule has 5 rings (SSSR count). The number of aryl methyl sites for hydroxylation is 2. The highest BCUT2D eigenvalue weighted by molar-refractivity contribution is 6.30. The van der Waals surface area contributed by atoms with Gasteiger partial charge in [-0.25, -0.2) is 28.8 Å². The maximum absolute atomic E-state index is 14.2. The van der Waals surface area contributed by atoms with Crippen molar-refractivity contribution in [2.24, 2.45) is 0 Å². The molecular weight excluding hydrogens is 554 g/mol. The zero-order valence-corrected chi connectivity index (χ0v) is 20.8. The van der Waals surface area contributed by atoms with Crippen molar-refractivity contribution in [1.82, 2.24) is 29.5 Å². The molecule has 3 N–H and O–H groups in total. The number of aromatic nitrogens is 6. The van der Waals surface area contributed by atoms with Crippen LogP contribution in [0.5, 0.6) is 0 Å². The van der Waals surface area contributed by atoms with E-state index >= 15 is 0 Å². The second-order valence-corrected chi connectivity index (χ2v) is 9.47. The molecule has 3 aromatic heterocycles. The highest BCUT2D eigenvalue weighted by Crippen LogP contribution is 2.45. The van der Waals surface area contributed by atoms with Crippen molar-refractivity contribution in [3.05, 3.63) is 57.9 Å². The first-order chi connectivity index (χ1) is 18.1. The Balaban J connectivity index is 1.59. The quantitative estimate of drug-likeness (QED) is 0.335. The fraction of sp³-hybridized carbons (Fsp3) is 0.304. The number of nitrogens with two attached hydrogens (primary N) is 1. The molecule has 1 aliphatic rings. The third kappa shape index (κ3) is 4.30. The van der Waals surface area contributed by atoms with Crippen LogP contribution in [0.4, 0.5) is 38.0 Å². The predicted octanol–water partition coefficient (Wildman–Crippen LogP) is 4.65. The number of nitrogen functional groups attached to an aromatic ring is 1. The van der Waals surface area contributed by atoms with Gasteiger partial charge in [0.25, 0.3) is 0 Å². The highest BCUT2D eigenvalue weighted by Gasteiger charge is 2.56. The minimum Gasteiger partial charge on any atom is -0.383 e. The Kier molecular flexibility index (Phi) is 5.97. The summed E-state index contributed by atoms with van der Waals surface area (Å²) in [6, 6.07) is 3.84. The number of hydrogen-bond acceptors (Lipinski definition) is 7. The van der Waals surface area contributed by atoms with Gasteiger partial charge in [0.1, 0.15) is 34.4 Å². The summed E-state index contributed by atoms with van der Waals surface area (Å²) in [5.41, 5.74) is 4.82. The van der Waals surface area contributed by atoms with Crippen LogP contribution in [0.15, 0.2) is 24.4 Å². The van der Waals surface area contributed by atoms with Crippen LogP contribution in [0.1, 0.15) is 36.0 Å². The largest absolute Gasteiger partial charge is 0.453 e. The number of anilines is 2. The van der Waals surface area contributed by atoms with E-state index in [-0.39, 0.29) is 56.5 Å². The molecule has 1 aliphatic heterocycles. The molecule has 4 aromatic rings. The number of carbonyl (C=O) groups is 1. The monoisotopic (exact) mass is 570 g/mol. The molecule has 0 fully saturated rings. The number of alkyl halides is 5. The molecule has 0 saturated heterocycles. The molecule has 0 saturated carbocycles. The second kappa shape index (κ2) is 8.76. The van der Waals surface area contributed by atoms with Crippen molar-refractivity contribution in [2.45, 2.75) is 44.2 Å². The number of halogens is 7. The van der Waals surface area contributed by atoms with Crippen LogP contribution in [0.25, 0.3) is 17.2 Å². The van der Waals surface area contributed by atoms with Crippen LogP contribution in [-0.2, 0) is 16.6 Å². The number of hydrogen-bond donors (Lipinski definition) is 2. The van der Waals surface area contributed by atoms with Crippen molar-refractivity contribution in [1.29, 1.82) is 0 Å². The molecule has 1 atom stereocenters. The predicted molar refractivity (Wildman–Crippen MR) is 127 cm³/mol. The molecule has 1 unspecified atom stereocenters. The first-order valence-electron chi connectivity index (χ1n) is 11.2. The number of amides is 1. The van der Waals surface area contributed by atoms with Gasteiger partial charge in [0.15, 0.2) is 11.5 Å². The lowest BCUT2D eigenvalue weighted by atomic mass is 9.77. The van der Waals surface area contributed by atoms with E-state index in [1.807, 2.05) is 0 Å². The van der Waals surface area contributed by atoms with E-state index in [2.05, 4.69) is 30.4 Å². The van der Waals surface area contributed by atoms with Gasteiger partial charge in [-0.1, -0.05) is 17.7 Å². The summed E-state index contributed by atoms with van der Waals surface area (Å²) in [6.45, 7) is 3.00. The number of carbonyl (C=O) groups excluding carboxylic acids is 1. The molecule has 1 amide bonds. The van der Waals surface area contributed by atoms with Crippen LogP contribution in [-0.4, -0.2) is 47.6 Å². The summed E-state index contributed by atoms with van der Waals surface area (Å²) in [5.74, 6) is -6.43. The third-order valence-corrected chi connectivity index (χ3v) is 6.74. The number of rotatable bonds is 5. The average Bonchev–Trinajstić information content (AvgIpc) is 3.34. The van der Waals surface area contributed by atoms with E-state index in [4.69, 9.17) is 17.3 Å². The summed E-state index contributed by atoms with van der Waals surface area (Å²) in [7, 11) is 0.